The van der Waals surface area contributed by atoms with E-state index in [1.165, 1.54) is 23.8 Å². The zero-order chi connectivity index (χ0) is 15.4. The molecule has 0 aliphatic heterocycles. The number of carbonyl (C=O) groups is 1. The number of benzene rings is 2. The third-order valence-corrected chi connectivity index (χ3v) is 3.46. The summed E-state index contributed by atoms with van der Waals surface area (Å²) in [6.45, 7) is 2.60. The summed E-state index contributed by atoms with van der Waals surface area (Å²) in [5, 5.41) is 9.49. The van der Waals surface area contributed by atoms with Crippen LogP contribution < -0.4 is 5.73 Å². The Morgan fingerprint density at radius 3 is 2.38 bits per heavy atom. The maximum absolute atomic E-state index is 12.4. The molecule has 2 rings (SSSR count). The van der Waals surface area contributed by atoms with Gasteiger partial charge in [-0.1, -0.05) is 31.2 Å². The largest absolute Gasteiger partial charge is 0.508 e. The lowest BCUT2D eigenvalue weighted by Gasteiger charge is -2.18. The lowest BCUT2D eigenvalue weighted by Crippen LogP contribution is -2.26. The number of aryl methyl sites for hydroxylation is 1. The van der Waals surface area contributed by atoms with Crippen LogP contribution in [-0.2, 0) is 13.0 Å². The van der Waals surface area contributed by atoms with Gasteiger partial charge in [0.15, 0.2) is 0 Å². The number of nitrogens with two attached hydrogens (primary N) is 1. The molecule has 0 spiro atoms. The zero-order valence-corrected chi connectivity index (χ0v) is 12.3. The first kappa shape index (κ1) is 14.9. The van der Waals surface area contributed by atoms with Gasteiger partial charge in [0.1, 0.15) is 5.75 Å². The summed E-state index contributed by atoms with van der Waals surface area (Å²) >= 11 is 0. The molecular weight excluding hydrogens is 264 g/mol. The molecule has 0 aliphatic rings. The average Bonchev–Trinajstić information content (AvgIpc) is 2.49. The van der Waals surface area contributed by atoms with Crippen molar-refractivity contribution in [1.29, 1.82) is 0 Å². The highest BCUT2D eigenvalue weighted by Gasteiger charge is 2.15. The van der Waals surface area contributed by atoms with Crippen molar-refractivity contribution >= 4 is 11.6 Å². The van der Waals surface area contributed by atoms with E-state index in [4.69, 9.17) is 5.73 Å². The minimum Gasteiger partial charge on any atom is -0.508 e. The van der Waals surface area contributed by atoms with Crippen molar-refractivity contribution in [3.63, 3.8) is 0 Å². The molecule has 4 heteroatoms. The standard InChI is InChI=1S/C17H20N2O2/c1-3-12-4-6-13(7-5-12)11-19(2)17(21)15-10-14(20)8-9-16(15)18/h4-10,20H,3,11,18H2,1-2H3. The summed E-state index contributed by atoms with van der Waals surface area (Å²) in [6.07, 6.45) is 0.995. The Hall–Kier alpha value is -2.49. The SMILES string of the molecule is CCc1ccc(CN(C)C(=O)c2cc(O)ccc2N)cc1. The van der Waals surface area contributed by atoms with Gasteiger partial charge in [0, 0.05) is 19.3 Å². The third-order valence-electron chi connectivity index (χ3n) is 3.46. The molecule has 0 atom stereocenters. The second kappa shape index (κ2) is 6.31. The van der Waals surface area contributed by atoms with Gasteiger partial charge in [0.05, 0.1) is 5.56 Å². The van der Waals surface area contributed by atoms with E-state index in [0.29, 0.717) is 17.8 Å². The lowest BCUT2D eigenvalue weighted by molar-refractivity contribution is 0.0785. The highest BCUT2D eigenvalue weighted by Crippen LogP contribution is 2.20. The summed E-state index contributed by atoms with van der Waals surface area (Å²) in [6, 6.07) is 12.6. The second-order valence-corrected chi connectivity index (χ2v) is 5.10. The fourth-order valence-corrected chi connectivity index (χ4v) is 2.16. The van der Waals surface area contributed by atoms with Crippen LogP contribution in [0, 0.1) is 0 Å². The number of aromatic hydroxyl groups is 1. The van der Waals surface area contributed by atoms with Crippen molar-refractivity contribution in [2.75, 3.05) is 12.8 Å². The zero-order valence-electron chi connectivity index (χ0n) is 12.3. The summed E-state index contributed by atoms with van der Waals surface area (Å²) in [5.74, 6) is -0.170. The van der Waals surface area contributed by atoms with Crippen molar-refractivity contribution in [3.8, 4) is 5.75 Å². The molecule has 110 valence electrons. The monoisotopic (exact) mass is 284 g/mol. The molecule has 0 bridgehead atoms. The van der Waals surface area contributed by atoms with Crippen LogP contribution in [-0.4, -0.2) is 23.0 Å². The number of hydrogen-bond donors (Lipinski definition) is 2. The van der Waals surface area contributed by atoms with E-state index in [-0.39, 0.29) is 11.7 Å². The Kier molecular flexibility index (Phi) is 4.48. The molecule has 21 heavy (non-hydrogen) atoms. The van der Waals surface area contributed by atoms with E-state index in [1.807, 2.05) is 12.1 Å². The first-order valence-corrected chi connectivity index (χ1v) is 6.93. The highest BCUT2D eigenvalue weighted by molar-refractivity contribution is 5.99. The van der Waals surface area contributed by atoms with E-state index in [2.05, 4.69) is 19.1 Å². The second-order valence-electron chi connectivity index (χ2n) is 5.10. The topological polar surface area (TPSA) is 66.6 Å². The van der Waals surface area contributed by atoms with Crippen molar-refractivity contribution in [3.05, 3.63) is 59.2 Å². The molecule has 2 aromatic rings. The van der Waals surface area contributed by atoms with Gasteiger partial charge in [0.25, 0.3) is 5.91 Å². The minimum absolute atomic E-state index is 0.0354. The molecule has 0 heterocycles. The molecule has 0 saturated heterocycles. The van der Waals surface area contributed by atoms with E-state index < -0.39 is 0 Å². The first-order valence-electron chi connectivity index (χ1n) is 6.93. The van der Waals surface area contributed by atoms with Crippen LogP contribution in [0.4, 0.5) is 5.69 Å². The number of nitrogens with zero attached hydrogens (tertiary/aromatic N) is 1. The van der Waals surface area contributed by atoms with Gasteiger partial charge in [0.2, 0.25) is 0 Å². The maximum Gasteiger partial charge on any atom is 0.256 e. The quantitative estimate of drug-likeness (QED) is 0.670. The van der Waals surface area contributed by atoms with Gasteiger partial charge < -0.3 is 15.7 Å². The van der Waals surface area contributed by atoms with Crippen molar-refractivity contribution in [1.82, 2.24) is 4.90 Å². The molecule has 3 N–H and O–H groups in total. The molecule has 0 aromatic heterocycles. The van der Waals surface area contributed by atoms with Crippen LogP contribution in [0.5, 0.6) is 5.75 Å². The Balaban J connectivity index is 2.13. The van der Waals surface area contributed by atoms with E-state index in [1.54, 1.807) is 11.9 Å². The number of phenols is 1. The smallest absolute Gasteiger partial charge is 0.256 e. The number of anilines is 1. The van der Waals surface area contributed by atoms with E-state index in [0.717, 1.165) is 12.0 Å². The summed E-state index contributed by atoms with van der Waals surface area (Å²) in [7, 11) is 1.72. The number of hydrogen-bond acceptors (Lipinski definition) is 3. The fourth-order valence-electron chi connectivity index (χ4n) is 2.16. The Morgan fingerprint density at radius 1 is 1.14 bits per heavy atom. The molecule has 1 amide bonds. The van der Waals surface area contributed by atoms with Crippen LogP contribution in [0.3, 0.4) is 0 Å². The average molecular weight is 284 g/mol. The number of rotatable bonds is 4. The van der Waals surface area contributed by atoms with Gasteiger partial charge >= 0.3 is 0 Å². The van der Waals surface area contributed by atoms with Crippen LogP contribution in [0.15, 0.2) is 42.5 Å². The van der Waals surface area contributed by atoms with Crippen molar-refractivity contribution in [2.24, 2.45) is 0 Å². The number of carbonyl (C=O) groups excluding carboxylic acids is 1. The van der Waals surface area contributed by atoms with Gasteiger partial charge in [-0.05, 0) is 35.7 Å². The molecular formula is C17H20N2O2. The first-order chi connectivity index (χ1) is 10.0. The van der Waals surface area contributed by atoms with Crippen LogP contribution in [0.25, 0.3) is 0 Å². The highest BCUT2D eigenvalue weighted by atomic mass is 16.3. The molecule has 0 saturated carbocycles. The maximum atomic E-state index is 12.4. The Bertz CT molecular complexity index is 636. The predicted molar refractivity (Wildman–Crippen MR) is 84.1 cm³/mol. The fraction of sp³-hybridized carbons (Fsp3) is 0.235. The van der Waals surface area contributed by atoms with E-state index in [9.17, 15) is 9.90 Å². The number of nitrogen functional groups attached to an aromatic ring is 1. The van der Waals surface area contributed by atoms with Crippen LogP contribution >= 0.6 is 0 Å². The molecule has 4 nitrogen and oxygen atoms in total. The predicted octanol–water partition coefficient (Wildman–Crippen LogP) is 2.81. The van der Waals surface area contributed by atoms with Gasteiger partial charge in [-0.3, -0.25) is 4.79 Å². The molecule has 0 fully saturated rings. The van der Waals surface area contributed by atoms with Crippen molar-refractivity contribution < 1.29 is 9.90 Å². The van der Waals surface area contributed by atoms with E-state index >= 15 is 0 Å². The molecule has 0 radical (unpaired) electrons. The summed E-state index contributed by atoms with van der Waals surface area (Å²) in [4.78, 5) is 14.0. The number of amides is 1. The Labute approximate surface area is 124 Å². The summed E-state index contributed by atoms with van der Waals surface area (Å²) in [5.41, 5.74) is 8.82. The molecule has 0 unspecified atom stereocenters. The molecule has 0 aliphatic carbocycles. The van der Waals surface area contributed by atoms with Gasteiger partial charge in [-0.2, -0.15) is 0 Å². The van der Waals surface area contributed by atoms with Crippen LogP contribution in [0.1, 0.15) is 28.4 Å². The summed E-state index contributed by atoms with van der Waals surface area (Å²) < 4.78 is 0. The normalized spacial score (nSPS) is 10.4. The lowest BCUT2D eigenvalue weighted by atomic mass is 10.1. The van der Waals surface area contributed by atoms with Gasteiger partial charge in [-0.25, -0.2) is 0 Å². The molecule has 2 aromatic carbocycles. The van der Waals surface area contributed by atoms with Gasteiger partial charge in [-0.15, -0.1) is 0 Å². The van der Waals surface area contributed by atoms with Crippen molar-refractivity contribution in [2.45, 2.75) is 19.9 Å². The third kappa shape index (κ3) is 3.54. The minimum atomic E-state index is -0.206. The van der Waals surface area contributed by atoms with Crippen LogP contribution in [0.2, 0.25) is 0 Å². The number of phenolic OH excluding ortho intramolecular Hbond substituents is 1. The Morgan fingerprint density at radius 2 is 1.76 bits per heavy atom.